The minimum Gasteiger partial charge on any atom is -0.497 e. The third-order valence-corrected chi connectivity index (χ3v) is 5.04. The maximum Gasteiger partial charge on any atom is 0.155 e. The summed E-state index contributed by atoms with van der Waals surface area (Å²) >= 11 is 0. The van der Waals surface area contributed by atoms with Gasteiger partial charge in [-0.25, -0.2) is 9.97 Å². The molecule has 0 amide bonds. The van der Waals surface area contributed by atoms with Crippen LogP contribution in [0.15, 0.2) is 72.9 Å². The smallest absolute Gasteiger partial charge is 0.155 e. The first kappa shape index (κ1) is 21.5. The van der Waals surface area contributed by atoms with Crippen molar-refractivity contribution in [1.82, 2.24) is 20.3 Å². The van der Waals surface area contributed by atoms with Gasteiger partial charge in [0, 0.05) is 24.7 Å². The zero-order chi connectivity index (χ0) is 22.0. The van der Waals surface area contributed by atoms with E-state index in [2.05, 4.69) is 44.9 Å². The van der Waals surface area contributed by atoms with Gasteiger partial charge in [-0.1, -0.05) is 36.4 Å². The molecule has 0 atom stereocenters. The van der Waals surface area contributed by atoms with Crippen LogP contribution in [0.3, 0.4) is 0 Å². The minimum atomic E-state index is 0.632. The number of ether oxygens (including phenoxy) is 1. The fourth-order valence-electron chi connectivity index (χ4n) is 3.37. The van der Waals surface area contributed by atoms with Crippen LogP contribution >= 0.6 is 0 Å². The van der Waals surface area contributed by atoms with E-state index < -0.39 is 0 Å². The molecule has 0 saturated heterocycles. The van der Waals surface area contributed by atoms with Gasteiger partial charge in [0.25, 0.3) is 0 Å². The summed E-state index contributed by atoms with van der Waals surface area (Å²) in [6, 6.07) is 22.1. The second-order valence-corrected chi connectivity index (χ2v) is 7.31. The van der Waals surface area contributed by atoms with Crippen molar-refractivity contribution >= 4 is 28.9 Å². The van der Waals surface area contributed by atoms with Crippen LogP contribution in [0.25, 0.3) is 23.1 Å². The molecule has 0 spiro atoms. The third kappa shape index (κ3) is 5.89. The third-order valence-electron chi connectivity index (χ3n) is 5.04. The first-order valence-corrected chi connectivity index (χ1v) is 10.8. The summed E-state index contributed by atoms with van der Waals surface area (Å²) in [4.78, 5) is 13.7. The van der Waals surface area contributed by atoms with E-state index in [0.717, 1.165) is 54.2 Å². The van der Waals surface area contributed by atoms with Crippen molar-refractivity contribution in [2.75, 3.05) is 32.1 Å². The number of rotatable bonds is 10. The van der Waals surface area contributed by atoms with Crippen molar-refractivity contribution in [2.45, 2.75) is 6.42 Å². The summed E-state index contributed by atoms with van der Waals surface area (Å²) in [7, 11) is 1.66. The molecule has 0 unspecified atom stereocenters. The Hall–Kier alpha value is -3.77. The van der Waals surface area contributed by atoms with Crippen molar-refractivity contribution < 1.29 is 4.74 Å². The van der Waals surface area contributed by atoms with E-state index in [-0.39, 0.29) is 0 Å². The van der Waals surface area contributed by atoms with Gasteiger partial charge in [-0.05, 0) is 61.0 Å². The molecule has 6 nitrogen and oxygen atoms in total. The number of hydrogen-bond acceptors (Lipinski definition) is 6. The van der Waals surface area contributed by atoms with E-state index >= 15 is 0 Å². The molecule has 2 heterocycles. The molecule has 4 aromatic rings. The molecule has 0 aliphatic carbocycles. The Bertz CT molecular complexity index is 1160. The number of anilines is 1. The van der Waals surface area contributed by atoms with E-state index in [4.69, 9.17) is 9.72 Å². The highest BCUT2D eigenvalue weighted by Crippen LogP contribution is 2.25. The lowest BCUT2D eigenvalue weighted by atomic mass is 10.1. The Morgan fingerprint density at radius 2 is 1.75 bits per heavy atom. The highest BCUT2D eigenvalue weighted by atomic mass is 16.5. The zero-order valence-corrected chi connectivity index (χ0v) is 18.2. The Kier molecular flexibility index (Phi) is 7.39. The minimum absolute atomic E-state index is 0.632. The molecule has 0 aliphatic heterocycles. The summed E-state index contributed by atoms with van der Waals surface area (Å²) in [6.07, 6.45) is 6.58. The Labute approximate surface area is 188 Å². The summed E-state index contributed by atoms with van der Waals surface area (Å²) < 4.78 is 5.39. The molecule has 4 rings (SSSR count). The molecular formula is C26H27N5O. The van der Waals surface area contributed by atoms with E-state index in [0.29, 0.717) is 5.82 Å². The SMILES string of the molecule is COc1ccc2nc(C=Cc3ccccn3)nc(NCCNCCc3ccccc3)c2c1. The highest BCUT2D eigenvalue weighted by Gasteiger charge is 2.08. The maximum atomic E-state index is 5.39. The van der Waals surface area contributed by atoms with Crippen LogP contribution in [0.5, 0.6) is 5.75 Å². The van der Waals surface area contributed by atoms with Crippen molar-refractivity contribution in [3.8, 4) is 5.75 Å². The van der Waals surface area contributed by atoms with Crippen molar-refractivity contribution in [3.63, 3.8) is 0 Å². The number of methoxy groups -OCH3 is 1. The number of benzene rings is 2. The van der Waals surface area contributed by atoms with Gasteiger partial charge in [0.1, 0.15) is 11.6 Å². The molecule has 0 saturated carbocycles. The van der Waals surface area contributed by atoms with Gasteiger partial charge in [0.2, 0.25) is 0 Å². The monoisotopic (exact) mass is 425 g/mol. The maximum absolute atomic E-state index is 5.39. The van der Waals surface area contributed by atoms with Gasteiger partial charge >= 0.3 is 0 Å². The van der Waals surface area contributed by atoms with Crippen molar-refractivity contribution in [3.05, 3.63) is 90.0 Å². The Morgan fingerprint density at radius 3 is 2.56 bits per heavy atom. The number of nitrogens with zero attached hydrogens (tertiary/aromatic N) is 3. The van der Waals surface area contributed by atoms with E-state index in [1.54, 1.807) is 13.3 Å². The topological polar surface area (TPSA) is 72.0 Å². The van der Waals surface area contributed by atoms with E-state index in [1.165, 1.54) is 5.56 Å². The average molecular weight is 426 g/mol. The fraction of sp³-hybridized carbons (Fsp3) is 0.192. The van der Waals surface area contributed by atoms with Crippen LogP contribution in [0.4, 0.5) is 5.82 Å². The standard InChI is InChI=1S/C26H27N5O/c1-32-22-11-12-24-23(19-22)26(29-18-17-27-16-14-20-7-3-2-4-8-20)31-25(30-24)13-10-21-9-5-6-15-28-21/h2-13,15,19,27H,14,16-18H2,1H3,(H,29,30,31). The molecule has 6 heteroatoms. The average Bonchev–Trinajstić information content (AvgIpc) is 2.85. The van der Waals surface area contributed by atoms with Gasteiger partial charge < -0.3 is 15.4 Å². The zero-order valence-electron chi connectivity index (χ0n) is 18.2. The first-order valence-electron chi connectivity index (χ1n) is 10.8. The summed E-state index contributed by atoms with van der Waals surface area (Å²) in [6.45, 7) is 2.52. The normalized spacial score (nSPS) is 11.2. The molecule has 0 radical (unpaired) electrons. The predicted octanol–water partition coefficient (Wildman–Crippen LogP) is 4.45. The predicted molar refractivity (Wildman–Crippen MR) is 131 cm³/mol. The first-order chi connectivity index (χ1) is 15.8. The van der Waals surface area contributed by atoms with Crippen LogP contribution < -0.4 is 15.4 Å². The van der Waals surface area contributed by atoms with Gasteiger partial charge in [-0.15, -0.1) is 0 Å². The molecule has 162 valence electrons. The van der Waals surface area contributed by atoms with Crippen LogP contribution in [0.1, 0.15) is 17.1 Å². The Balaban J connectivity index is 1.43. The molecule has 2 aromatic carbocycles. The van der Waals surface area contributed by atoms with Crippen LogP contribution in [-0.4, -0.2) is 41.7 Å². The summed E-state index contributed by atoms with van der Waals surface area (Å²) in [5.74, 6) is 2.20. The molecule has 32 heavy (non-hydrogen) atoms. The van der Waals surface area contributed by atoms with Crippen LogP contribution in [0.2, 0.25) is 0 Å². The number of aromatic nitrogens is 3. The van der Waals surface area contributed by atoms with Gasteiger partial charge in [-0.3, -0.25) is 4.98 Å². The van der Waals surface area contributed by atoms with Gasteiger partial charge in [-0.2, -0.15) is 0 Å². The Morgan fingerprint density at radius 1 is 0.875 bits per heavy atom. The van der Waals surface area contributed by atoms with Gasteiger partial charge in [0.05, 0.1) is 18.3 Å². The van der Waals surface area contributed by atoms with Crippen molar-refractivity contribution in [2.24, 2.45) is 0 Å². The quantitative estimate of drug-likeness (QED) is 0.366. The second-order valence-electron chi connectivity index (χ2n) is 7.31. The molecule has 0 fully saturated rings. The van der Waals surface area contributed by atoms with Crippen LogP contribution in [0, 0.1) is 0 Å². The summed E-state index contributed by atoms with van der Waals surface area (Å²) in [5.41, 5.74) is 3.07. The molecular weight excluding hydrogens is 398 g/mol. The molecule has 0 aliphatic rings. The lowest BCUT2D eigenvalue weighted by Crippen LogP contribution is -2.24. The number of fused-ring (bicyclic) bond motifs is 1. The number of pyridine rings is 1. The fourth-order valence-corrected chi connectivity index (χ4v) is 3.37. The lowest BCUT2D eigenvalue weighted by molar-refractivity contribution is 0.415. The van der Waals surface area contributed by atoms with Gasteiger partial charge in [0.15, 0.2) is 5.82 Å². The number of hydrogen-bond donors (Lipinski definition) is 2. The van der Waals surface area contributed by atoms with E-state index in [1.807, 2.05) is 54.6 Å². The van der Waals surface area contributed by atoms with Crippen LogP contribution in [-0.2, 0) is 6.42 Å². The molecule has 2 aromatic heterocycles. The van der Waals surface area contributed by atoms with E-state index in [9.17, 15) is 0 Å². The number of nitrogens with one attached hydrogen (secondary N) is 2. The summed E-state index contributed by atoms with van der Waals surface area (Å²) in [5, 5.41) is 7.87. The second kappa shape index (κ2) is 11.0. The lowest BCUT2D eigenvalue weighted by Gasteiger charge is -2.11. The highest BCUT2D eigenvalue weighted by molar-refractivity contribution is 5.91. The molecule has 2 N–H and O–H groups in total. The molecule has 0 bridgehead atoms. The largest absolute Gasteiger partial charge is 0.497 e. The van der Waals surface area contributed by atoms with Crippen molar-refractivity contribution in [1.29, 1.82) is 0 Å².